The number of benzene rings is 2. The Morgan fingerprint density at radius 3 is 2.47 bits per heavy atom. The zero-order chi connectivity index (χ0) is 23.1. The van der Waals surface area contributed by atoms with Gasteiger partial charge < -0.3 is 19.5 Å². The highest BCUT2D eigenvalue weighted by molar-refractivity contribution is 5.94. The van der Waals surface area contributed by atoms with Crippen molar-refractivity contribution < 1.29 is 9.53 Å². The van der Waals surface area contributed by atoms with Gasteiger partial charge in [-0.3, -0.25) is 4.57 Å². The first-order chi connectivity index (χ1) is 16.7. The molecular formula is C26H27N5O3. The molecule has 4 heterocycles. The van der Waals surface area contributed by atoms with E-state index in [1.54, 1.807) is 10.8 Å². The molecule has 2 saturated heterocycles. The van der Waals surface area contributed by atoms with Gasteiger partial charge in [0.25, 0.3) is 0 Å². The van der Waals surface area contributed by atoms with Gasteiger partial charge in [-0.2, -0.15) is 0 Å². The number of aromatic amines is 1. The zero-order valence-electron chi connectivity index (χ0n) is 18.9. The average Bonchev–Trinajstić information content (AvgIpc) is 3.24. The summed E-state index contributed by atoms with van der Waals surface area (Å²) in [6.45, 7) is 3.73. The Kier molecular flexibility index (Phi) is 5.30. The van der Waals surface area contributed by atoms with Crippen LogP contribution in [0.25, 0.3) is 33.1 Å². The summed E-state index contributed by atoms with van der Waals surface area (Å²) < 4.78 is 7.15. The van der Waals surface area contributed by atoms with Gasteiger partial charge in [0.15, 0.2) is 5.65 Å². The molecular weight excluding hydrogens is 430 g/mol. The minimum Gasteiger partial charge on any atom is -0.378 e. The number of likely N-dealkylation sites (tertiary alicyclic amines) is 1. The minimum absolute atomic E-state index is 0.00865. The van der Waals surface area contributed by atoms with Gasteiger partial charge in [0, 0.05) is 44.0 Å². The van der Waals surface area contributed by atoms with Gasteiger partial charge in [-0.25, -0.2) is 14.6 Å². The fourth-order valence-corrected chi connectivity index (χ4v) is 5.23. The summed E-state index contributed by atoms with van der Waals surface area (Å²) in [6, 6.07) is 16.6. The van der Waals surface area contributed by atoms with Gasteiger partial charge >= 0.3 is 11.7 Å². The van der Waals surface area contributed by atoms with E-state index in [1.807, 2.05) is 28.0 Å². The van der Waals surface area contributed by atoms with E-state index < -0.39 is 0 Å². The van der Waals surface area contributed by atoms with Crippen LogP contribution in [0.3, 0.4) is 0 Å². The second-order valence-electron chi connectivity index (χ2n) is 9.02. The third kappa shape index (κ3) is 3.64. The van der Waals surface area contributed by atoms with Gasteiger partial charge in [0.1, 0.15) is 0 Å². The first-order valence-electron chi connectivity index (χ1n) is 11.9. The molecule has 8 nitrogen and oxygen atoms in total. The lowest BCUT2D eigenvalue weighted by Gasteiger charge is -2.37. The van der Waals surface area contributed by atoms with Crippen LogP contribution in [0.1, 0.15) is 18.9 Å². The maximum absolute atomic E-state index is 13.1. The highest BCUT2D eigenvalue weighted by Gasteiger charge is 2.29. The molecule has 2 aromatic carbocycles. The molecule has 2 aliphatic heterocycles. The number of morpholine rings is 1. The number of carbonyl (C=O) groups excluding carboxylic acids is 1. The van der Waals surface area contributed by atoms with E-state index in [0.717, 1.165) is 34.9 Å². The number of pyridine rings is 1. The van der Waals surface area contributed by atoms with Crippen LogP contribution in [0.2, 0.25) is 0 Å². The lowest BCUT2D eigenvalue weighted by molar-refractivity contribution is 0.0403. The van der Waals surface area contributed by atoms with Crippen LogP contribution in [0.15, 0.2) is 59.5 Å². The fraction of sp³-hybridized carbons (Fsp3) is 0.346. The fourth-order valence-electron chi connectivity index (χ4n) is 5.23. The molecule has 2 aliphatic rings. The number of urea groups is 1. The van der Waals surface area contributed by atoms with Crippen LogP contribution >= 0.6 is 0 Å². The number of imidazole rings is 1. The van der Waals surface area contributed by atoms with E-state index in [0.29, 0.717) is 45.0 Å². The summed E-state index contributed by atoms with van der Waals surface area (Å²) in [7, 11) is 0. The zero-order valence-corrected chi connectivity index (χ0v) is 18.9. The number of nitrogens with one attached hydrogen (secondary N) is 1. The van der Waals surface area contributed by atoms with Crippen molar-refractivity contribution in [3.05, 3.63) is 65.2 Å². The Morgan fingerprint density at radius 1 is 0.941 bits per heavy atom. The largest absolute Gasteiger partial charge is 0.378 e. The Morgan fingerprint density at radius 2 is 1.68 bits per heavy atom. The van der Waals surface area contributed by atoms with Crippen LogP contribution in [0, 0.1) is 0 Å². The number of fused-ring (bicyclic) bond motifs is 2. The van der Waals surface area contributed by atoms with Crippen LogP contribution in [0.4, 0.5) is 4.79 Å². The summed E-state index contributed by atoms with van der Waals surface area (Å²) in [6.07, 6.45) is 3.23. The summed E-state index contributed by atoms with van der Waals surface area (Å²) in [5, 5.41) is 2.34. The van der Waals surface area contributed by atoms with Crippen molar-refractivity contribution in [2.45, 2.75) is 18.9 Å². The lowest BCUT2D eigenvalue weighted by Crippen LogP contribution is -2.50. The maximum atomic E-state index is 13.1. The molecule has 1 N–H and O–H groups in total. The molecule has 0 radical (unpaired) electrons. The highest BCUT2D eigenvalue weighted by Crippen LogP contribution is 2.31. The first kappa shape index (κ1) is 20.9. The van der Waals surface area contributed by atoms with Crippen molar-refractivity contribution in [1.82, 2.24) is 24.3 Å². The third-order valence-corrected chi connectivity index (χ3v) is 7.05. The van der Waals surface area contributed by atoms with E-state index in [4.69, 9.17) is 4.74 Å². The van der Waals surface area contributed by atoms with E-state index >= 15 is 0 Å². The predicted molar refractivity (Wildman–Crippen MR) is 131 cm³/mol. The quantitative estimate of drug-likeness (QED) is 0.498. The maximum Gasteiger partial charge on any atom is 0.327 e. The smallest absolute Gasteiger partial charge is 0.327 e. The summed E-state index contributed by atoms with van der Waals surface area (Å²) in [5.74, 6) is 0. The van der Waals surface area contributed by atoms with Gasteiger partial charge in [0.05, 0.1) is 18.7 Å². The summed E-state index contributed by atoms with van der Waals surface area (Å²) in [5.41, 5.74) is 3.30. The number of hydrogen-bond donors (Lipinski definition) is 1. The highest BCUT2D eigenvalue weighted by atomic mass is 16.5. The monoisotopic (exact) mass is 457 g/mol. The molecule has 0 bridgehead atoms. The lowest BCUT2D eigenvalue weighted by atomic mass is 10.0. The standard InChI is InChI=1S/C26H27N5O3/c32-25-28-23-22(20-6-5-18-3-1-2-4-19(18)17-20)7-10-27-24(23)31(25)21-8-11-29(12-9-21)26(33)30-13-15-34-16-14-30/h1-7,10,17,21H,8-9,11-16H2,(H,28,32). The number of amides is 2. The van der Waals surface area contributed by atoms with Crippen LogP contribution in [-0.2, 0) is 4.74 Å². The molecule has 4 aromatic rings. The third-order valence-electron chi connectivity index (χ3n) is 7.05. The molecule has 0 unspecified atom stereocenters. The van der Waals surface area contributed by atoms with E-state index in [1.165, 1.54) is 5.39 Å². The van der Waals surface area contributed by atoms with Crippen molar-refractivity contribution >= 4 is 28.0 Å². The van der Waals surface area contributed by atoms with E-state index in [2.05, 4.69) is 40.3 Å². The van der Waals surface area contributed by atoms with E-state index in [9.17, 15) is 9.59 Å². The Labute approximate surface area is 196 Å². The molecule has 6 rings (SSSR count). The van der Waals surface area contributed by atoms with Crippen molar-refractivity contribution in [1.29, 1.82) is 0 Å². The van der Waals surface area contributed by atoms with Crippen molar-refractivity contribution in [2.24, 2.45) is 0 Å². The summed E-state index contributed by atoms with van der Waals surface area (Å²) >= 11 is 0. The number of piperidine rings is 1. The number of H-pyrrole nitrogens is 1. The van der Waals surface area contributed by atoms with Crippen LogP contribution in [0.5, 0.6) is 0 Å². The summed E-state index contributed by atoms with van der Waals surface area (Å²) in [4.78, 5) is 37.3. The SMILES string of the molecule is O=C(N1CCOCC1)N1CCC(n2c(=O)[nH]c3c(-c4ccc5ccccc5c4)ccnc32)CC1. The molecule has 174 valence electrons. The molecule has 2 amide bonds. The first-order valence-corrected chi connectivity index (χ1v) is 11.9. The Balaban J connectivity index is 1.28. The van der Waals surface area contributed by atoms with Crippen molar-refractivity contribution in [2.75, 3.05) is 39.4 Å². The average molecular weight is 458 g/mol. The van der Waals surface area contributed by atoms with Crippen LogP contribution in [-0.4, -0.2) is 69.8 Å². The number of ether oxygens (including phenoxy) is 1. The molecule has 2 fully saturated rings. The second-order valence-corrected chi connectivity index (χ2v) is 9.02. The van der Waals surface area contributed by atoms with Crippen molar-refractivity contribution in [3.8, 4) is 11.1 Å². The van der Waals surface area contributed by atoms with Gasteiger partial charge in [-0.05, 0) is 41.3 Å². The number of aromatic nitrogens is 3. The molecule has 0 aliphatic carbocycles. The molecule has 0 spiro atoms. The molecule has 8 heteroatoms. The van der Waals surface area contributed by atoms with Gasteiger partial charge in [0.2, 0.25) is 0 Å². The minimum atomic E-state index is -0.145. The number of rotatable bonds is 2. The normalized spacial score (nSPS) is 17.5. The molecule has 2 aromatic heterocycles. The molecule has 0 saturated carbocycles. The Bertz CT molecular complexity index is 1410. The van der Waals surface area contributed by atoms with Crippen molar-refractivity contribution in [3.63, 3.8) is 0 Å². The number of nitrogens with zero attached hydrogens (tertiary/aromatic N) is 4. The van der Waals surface area contributed by atoms with Crippen LogP contribution < -0.4 is 5.69 Å². The van der Waals surface area contributed by atoms with Gasteiger partial charge in [-0.1, -0.05) is 36.4 Å². The van der Waals surface area contributed by atoms with Gasteiger partial charge in [-0.15, -0.1) is 0 Å². The number of hydrogen-bond acceptors (Lipinski definition) is 4. The van der Waals surface area contributed by atoms with E-state index in [-0.39, 0.29) is 17.8 Å². The topological polar surface area (TPSA) is 83.5 Å². The predicted octanol–water partition coefficient (Wildman–Crippen LogP) is 3.63. The molecule has 34 heavy (non-hydrogen) atoms. The number of carbonyl (C=O) groups is 1. The second kappa shape index (κ2) is 8.61. The Hall–Kier alpha value is -3.65. The molecule has 0 atom stereocenters.